The molecule has 28 heavy (non-hydrogen) atoms. The lowest BCUT2D eigenvalue weighted by Crippen LogP contribution is -2.28. The molecule has 0 atom stereocenters. The zero-order valence-electron chi connectivity index (χ0n) is 15.2. The molecular formula is C20H19ClN4O2S. The van der Waals surface area contributed by atoms with Crippen molar-refractivity contribution in [1.29, 1.82) is 0 Å². The minimum Gasteiger partial charge on any atom is -0.352 e. The molecule has 0 aliphatic heterocycles. The van der Waals surface area contributed by atoms with Gasteiger partial charge >= 0.3 is 0 Å². The van der Waals surface area contributed by atoms with Crippen LogP contribution in [-0.2, 0) is 23.5 Å². The number of amides is 1. The third-order valence-corrected chi connectivity index (χ3v) is 5.22. The summed E-state index contributed by atoms with van der Waals surface area (Å²) >= 11 is 7.40. The highest BCUT2D eigenvalue weighted by Gasteiger charge is 2.13. The second-order valence-electron chi connectivity index (χ2n) is 6.16. The third kappa shape index (κ3) is 5.68. The number of H-pyrrole nitrogens is 1. The fourth-order valence-corrected chi connectivity index (χ4v) is 3.63. The van der Waals surface area contributed by atoms with Gasteiger partial charge in [-0.25, -0.2) is 4.98 Å². The van der Waals surface area contributed by atoms with Crippen LogP contribution in [-0.4, -0.2) is 20.9 Å². The summed E-state index contributed by atoms with van der Waals surface area (Å²) in [5.74, 6) is 0.404. The highest BCUT2D eigenvalue weighted by Crippen LogP contribution is 2.21. The first-order chi connectivity index (χ1) is 13.5. The van der Waals surface area contributed by atoms with E-state index in [0.29, 0.717) is 33.7 Å². The number of aromatic nitrogens is 3. The summed E-state index contributed by atoms with van der Waals surface area (Å²) in [5.41, 5.74) is 2.62. The van der Waals surface area contributed by atoms with Gasteiger partial charge in [-0.05, 0) is 42.3 Å². The number of nitrogens with one attached hydrogen (secondary N) is 2. The molecule has 3 aromatic rings. The number of benzene rings is 1. The van der Waals surface area contributed by atoms with Crippen LogP contribution in [0.3, 0.4) is 0 Å². The van der Waals surface area contributed by atoms with E-state index in [1.807, 2.05) is 36.4 Å². The maximum Gasteiger partial charge on any atom is 0.255 e. The molecule has 0 unspecified atom stereocenters. The number of halogens is 1. The lowest BCUT2D eigenvalue weighted by Gasteiger charge is -2.08. The molecule has 1 aromatic carbocycles. The molecule has 0 saturated heterocycles. The second-order valence-corrected chi connectivity index (χ2v) is 7.56. The normalized spacial score (nSPS) is 10.6. The SMILES string of the molecule is Cc1nc(SCc2cccc(Cl)c2)[nH]c(=O)c1CC(=O)NCc1ccncc1. The number of aromatic amines is 1. The fourth-order valence-electron chi connectivity index (χ4n) is 2.56. The van der Waals surface area contributed by atoms with Crippen molar-refractivity contribution >= 4 is 29.3 Å². The molecule has 6 nitrogen and oxygen atoms in total. The summed E-state index contributed by atoms with van der Waals surface area (Å²) in [6.07, 6.45) is 3.32. The van der Waals surface area contributed by atoms with E-state index in [1.165, 1.54) is 11.8 Å². The monoisotopic (exact) mass is 414 g/mol. The lowest BCUT2D eigenvalue weighted by atomic mass is 10.1. The number of hydrogen-bond acceptors (Lipinski definition) is 5. The molecule has 0 bridgehead atoms. The highest BCUT2D eigenvalue weighted by atomic mass is 35.5. The Labute approximate surface area is 171 Å². The van der Waals surface area contributed by atoms with Crippen LogP contribution in [0.5, 0.6) is 0 Å². The minimum atomic E-state index is -0.292. The van der Waals surface area contributed by atoms with Gasteiger partial charge < -0.3 is 10.3 Å². The number of carbonyl (C=O) groups is 1. The van der Waals surface area contributed by atoms with Gasteiger partial charge in [0.1, 0.15) is 0 Å². The molecule has 0 saturated carbocycles. The van der Waals surface area contributed by atoms with Gasteiger partial charge in [-0.1, -0.05) is 35.5 Å². The number of aryl methyl sites for hydroxylation is 1. The summed E-state index contributed by atoms with van der Waals surface area (Å²) in [7, 11) is 0. The maximum absolute atomic E-state index is 12.4. The van der Waals surface area contributed by atoms with E-state index < -0.39 is 0 Å². The Balaban J connectivity index is 1.61. The average Bonchev–Trinajstić information content (AvgIpc) is 2.68. The highest BCUT2D eigenvalue weighted by molar-refractivity contribution is 7.98. The van der Waals surface area contributed by atoms with Crippen molar-refractivity contribution in [2.75, 3.05) is 0 Å². The predicted octanol–water partition coefficient (Wildman–Crippen LogP) is 3.28. The zero-order chi connectivity index (χ0) is 19.9. The van der Waals surface area contributed by atoms with Crippen molar-refractivity contribution in [3.05, 3.63) is 86.6 Å². The topological polar surface area (TPSA) is 87.7 Å². The Bertz CT molecular complexity index is 1020. The molecule has 0 fully saturated rings. The Kier molecular flexibility index (Phi) is 6.84. The van der Waals surface area contributed by atoms with Crippen molar-refractivity contribution in [3.8, 4) is 0 Å². The van der Waals surface area contributed by atoms with Gasteiger partial charge in [0.15, 0.2) is 5.16 Å². The summed E-state index contributed by atoms with van der Waals surface area (Å²) in [6.45, 7) is 2.13. The number of hydrogen-bond donors (Lipinski definition) is 2. The van der Waals surface area contributed by atoms with E-state index in [2.05, 4.69) is 20.3 Å². The van der Waals surface area contributed by atoms with Crippen molar-refractivity contribution in [1.82, 2.24) is 20.3 Å². The van der Waals surface area contributed by atoms with Crippen LogP contribution >= 0.6 is 23.4 Å². The van der Waals surface area contributed by atoms with E-state index in [9.17, 15) is 9.59 Å². The summed E-state index contributed by atoms with van der Waals surface area (Å²) in [6, 6.07) is 11.2. The molecule has 8 heteroatoms. The Morgan fingerprint density at radius 3 is 2.71 bits per heavy atom. The number of carbonyl (C=O) groups excluding carboxylic acids is 1. The predicted molar refractivity (Wildman–Crippen MR) is 110 cm³/mol. The van der Waals surface area contributed by atoms with Crippen molar-refractivity contribution in [2.45, 2.75) is 30.8 Å². The number of rotatable bonds is 7. The van der Waals surface area contributed by atoms with Crippen LogP contribution in [0.1, 0.15) is 22.4 Å². The van der Waals surface area contributed by atoms with Gasteiger partial charge in [-0.2, -0.15) is 0 Å². The molecule has 0 radical (unpaired) electrons. The van der Waals surface area contributed by atoms with Gasteiger partial charge in [-0.3, -0.25) is 14.6 Å². The van der Waals surface area contributed by atoms with Crippen molar-refractivity contribution in [3.63, 3.8) is 0 Å². The standard InChI is InChI=1S/C20H19ClN4O2S/c1-13-17(10-18(26)23-11-14-5-7-22-8-6-14)19(27)25-20(24-13)28-12-15-3-2-4-16(21)9-15/h2-9H,10-12H2,1H3,(H,23,26)(H,24,25,27). The maximum atomic E-state index is 12.4. The van der Waals surface area contributed by atoms with Crippen LogP contribution in [0.4, 0.5) is 0 Å². The van der Waals surface area contributed by atoms with Crippen LogP contribution in [0.15, 0.2) is 58.7 Å². The molecule has 3 rings (SSSR count). The Morgan fingerprint density at radius 1 is 1.21 bits per heavy atom. The quantitative estimate of drug-likeness (QED) is 0.457. The number of thioether (sulfide) groups is 1. The first kappa shape index (κ1) is 20.1. The van der Waals surface area contributed by atoms with E-state index in [-0.39, 0.29) is 17.9 Å². The molecular weight excluding hydrogens is 396 g/mol. The second kappa shape index (κ2) is 9.52. The van der Waals surface area contributed by atoms with Gasteiger partial charge in [0.05, 0.1) is 6.42 Å². The van der Waals surface area contributed by atoms with Crippen LogP contribution in [0.25, 0.3) is 0 Å². The molecule has 0 aliphatic carbocycles. The van der Waals surface area contributed by atoms with Crippen LogP contribution < -0.4 is 10.9 Å². The van der Waals surface area contributed by atoms with Gasteiger partial charge in [0.2, 0.25) is 5.91 Å². The lowest BCUT2D eigenvalue weighted by molar-refractivity contribution is -0.120. The Hall–Kier alpha value is -2.64. The third-order valence-electron chi connectivity index (χ3n) is 4.04. The van der Waals surface area contributed by atoms with E-state index >= 15 is 0 Å². The largest absolute Gasteiger partial charge is 0.352 e. The number of pyridine rings is 1. The average molecular weight is 415 g/mol. The molecule has 2 aromatic heterocycles. The van der Waals surface area contributed by atoms with Gasteiger partial charge in [0, 0.05) is 41.0 Å². The molecule has 2 heterocycles. The van der Waals surface area contributed by atoms with E-state index in [4.69, 9.17) is 11.6 Å². The van der Waals surface area contributed by atoms with Gasteiger partial charge in [0.25, 0.3) is 5.56 Å². The molecule has 144 valence electrons. The van der Waals surface area contributed by atoms with Crippen LogP contribution in [0, 0.1) is 6.92 Å². The summed E-state index contributed by atoms with van der Waals surface area (Å²) in [4.78, 5) is 35.7. The molecule has 0 aliphatic rings. The smallest absolute Gasteiger partial charge is 0.255 e. The first-order valence-corrected chi connectivity index (χ1v) is 10.0. The Morgan fingerprint density at radius 2 is 2.00 bits per heavy atom. The van der Waals surface area contributed by atoms with Gasteiger partial charge in [-0.15, -0.1) is 0 Å². The van der Waals surface area contributed by atoms with Crippen molar-refractivity contribution in [2.24, 2.45) is 0 Å². The fraction of sp³-hybridized carbons (Fsp3) is 0.200. The number of nitrogens with zero attached hydrogens (tertiary/aromatic N) is 2. The van der Waals surface area contributed by atoms with Crippen molar-refractivity contribution < 1.29 is 4.79 Å². The van der Waals surface area contributed by atoms with Crippen LogP contribution in [0.2, 0.25) is 5.02 Å². The minimum absolute atomic E-state index is 0.0154. The van der Waals surface area contributed by atoms with E-state index in [1.54, 1.807) is 19.3 Å². The zero-order valence-corrected chi connectivity index (χ0v) is 16.8. The molecule has 1 amide bonds. The first-order valence-electron chi connectivity index (χ1n) is 8.64. The van der Waals surface area contributed by atoms with E-state index in [0.717, 1.165) is 11.1 Å². The molecule has 2 N–H and O–H groups in total. The molecule has 0 spiro atoms. The summed E-state index contributed by atoms with van der Waals surface area (Å²) in [5, 5.41) is 3.99. The summed E-state index contributed by atoms with van der Waals surface area (Å²) < 4.78 is 0.